The van der Waals surface area contributed by atoms with E-state index in [1.807, 2.05) is 23.5 Å². The predicted molar refractivity (Wildman–Crippen MR) is 57.8 cm³/mol. The van der Waals surface area contributed by atoms with Crippen LogP contribution in [-0.2, 0) is 4.79 Å². The monoisotopic (exact) mass is 204 g/mol. The average molecular weight is 204 g/mol. The van der Waals surface area contributed by atoms with Gasteiger partial charge in [-0.1, -0.05) is 36.4 Å². The van der Waals surface area contributed by atoms with Crippen LogP contribution in [-0.4, -0.2) is 11.9 Å². The fourth-order valence-electron chi connectivity index (χ4n) is 1.23. The van der Waals surface area contributed by atoms with Crippen molar-refractivity contribution < 1.29 is 9.59 Å². The van der Waals surface area contributed by atoms with E-state index in [0.717, 1.165) is 5.56 Å². The highest BCUT2D eigenvalue weighted by Crippen LogP contribution is 2.13. The van der Waals surface area contributed by atoms with Gasteiger partial charge in [-0.2, -0.15) is 0 Å². The number of nitrogens with one attached hydrogen (secondary N) is 1. The molecule has 0 aliphatic carbocycles. The highest BCUT2D eigenvalue weighted by molar-refractivity contribution is 6.23. The van der Waals surface area contributed by atoms with Crippen LogP contribution < -0.4 is 11.1 Å². The molecule has 0 saturated carbocycles. The zero-order valence-corrected chi connectivity index (χ0v) is 8.36. The van der Waals surface area contributed by atoms with E-state index in [4.69, 9.17) is 5.73 Å². The van der Waals surface area contributed by atoms with Crippen molar-refractivity contribution in [1.82, 2.24) is 5.32 Å². The zero-order chi connectivity index (χ0) is 11.3. The Morgan fingerprint density at radius 1 is 1.27 bits per heavy atom. The molecule has 0 saturated heterocycles. The molecule has 4 heteroatoms. The number of hydrogen-bond donors (Lipinski definition) is 2. The molecule has 15 heavy (non-hydrogen) atoms. The molecule has 0 fully saturated rings. The quantitative estimate of drug-likeness (QED) is 0.712. The summed E-state index contributed by atoms with van der Waals surface area (Å²) in [5.74, 6) is -0.490. The molecule has 3 amide bonds. The first-order valence-corrected chi connectivity index (χ1v) is 4.47. The van der Waals surface area contributed by atoms with E-state index in [-0.39, 0.29) is 0 Å². The van der Waals surface area contributed by atoms with E-state index in [1.54, 1.807) is 25.1 Å². The van der Waals surface area contributed by atoms with E-state index in [0.29, 0.717) is 5.57 Å². The Labute approximate surface area is 87.8 Å². The van der Waals surface area contributed by atoms with E-state index >= 15 is 0 Å². The smallest absolute Gasteiger partial charge is 0.319 e. The summed E-state index contributed by atoms with van der Waals surface area (Å²) in [7, 11) is 0. The Kier molecular flexibility index (Phi) is 3.62. The number of hydrogen-bond acceptors (Lipinski definition) is 2. The number of carbonyl (C=O) groups is 2. The number of benzene rings is 1. The first kappa shape index (κ1) is 11.0. The van der Waals surface area contributed by atoms with Crippen LogP contribution in [0.2, 0.25) is 0 Å². The molecule has 0 radical (unpaired) electrons. The minimum atomic E-state index is -0.852. The Balaban J connectivity index is 2.92. The summed E-state index contributed by atoms with van der Waals surface area (Å²) >= 11 is 0. The lowest BCUT2D eigenvalue weighted by molar-refractivity contribution is -0.114. The summed E-state index contributed by atoms with van der Waals surface area (Å²) in [6.45, 7) is 1.73. The van der Waals surface area contributed by atoms with Gasteiger partial charge in [-0.25, -0.2) is 4.79 Å². The summed E-state index contributed by atoms with van der Waals surface area (Å²) in [6.07, 6.45) is 1.63. The molecule has 0 bridgehead atoms. The van der Waals surface area contributed by atoms with Gasteiger partial charge in [0.05, 0.1) is 0 Å². The average Bonchev–Trinajstić information content (AvgIpc) is 2.19. The van der Waals surface area contributed by atoms with Crippen LogP contribution in [0.5, 0.6) is 0 Å². The maximum absolute atomic E-state index is 11.5. The van der Waals surface area contributed by atoms with Crippen LogP contribution in [0.15, 0.2) is 36.4 Å². The van der Waals surface area contributed by atoms with Crippen molar-refractivity contribution in [2.45, 2.75) is 6.92 Å². The molecule has 1 rings (SSSR count). The van der Waals surface area contributed by atoms with Crippen molar-refractivity contribution in [3.05, 3.63) is 42.0 Å². The fourth-order valence-corrected chi connectivity index (χ4v) is 1.23. The molecule has 0 atom stereocenters. The second kappa shape index (κ2) is 4.95. The van der Waals surface area contributed by atoms with Gasteiger partial charge in [0.25, 0.3) is 5.91 Å². The Hall–Kier alpha value is -2.10. The number of rotatable bonds is 2. The number of nitrogens with two attached hydrogens (primary N) is 1. The van der Waals surface area contributed by atoms with Crippen LogP contribution in [0, 0.1) is 0 Å². The number of imide groups is 1. The molecule has 0 aromatic heterocycles. The molecular weight excluding hydrogens is 192 g/mol. The van der Waals surface area contributed by atoms with E-state index in [1.165, 1.54) is 0 Å². The van der Waals surface area contributed by atoms with Gasteiger partial charge in [0.2, 0.25) is 0 Å². The van der Waals surface area contributed by atoms with Crippen molar-refractivity contribution in [3.63, 3.8) is 0 Å². The number of allylic oxidation sites excluding steroid dienone is 1. The molecule has 1 aromatic carbocycles. The first-order chi connectivity index (χ1) is 7.15. The lowest BCUT2D eigenvalue weighted by Gasteiger charge is -2.05. The Morgan fingerprint density at radius 3 is 2.33 bits per heavy atom. The minimum absolute atomic E-state index is 0.425. The maximum atomic E-state index is 11.5. The third-order valence-electron chi connectivity index (χ3n) is 1.85. The zero-order valence-electron chi connectivity index (χ0n) is 8.36. The van der Waals surface area contributed by atoms with Crippen molar-refractivity contribution in [1.29, 1.82) is 0 Å². The number of carbonyl (C=O) groups excluding carboxylic acids is 2. The lowest BCUT2D eigenvalue weighted by Crippen LogP contribution is -2.35. The van der Waals surface area contributed by atoms with Crippen molar-refractivity contribution in [2.75, 3.05) is 0 Å². The van der Waals surface area contributed by atoms with Crippen LogP contribution >= 0.6 is 0 Å². The molecule has 0 unspecified atom stereocenters. The summed E-state index contributed by atoms with van der Waals surface area (Å²) in [5, 5.41) is 2.02. The van der Waals surface area contributed by atoms with Crippen molar-refractivity contribution in [2.24, 2.45) is 5.73 Å². The fraction of sp³-hybridized carbons (Fsp3) is 0.0909. The highest BCUT2D eigenvalue weighted by Gasteiger charge is 2.11. The molecule has 4 nitrogen and oxygen atoms in total. The van der Waals surface area contributed by atoms with Gasteiger partial charge in [-0.15, -0.1) is 0 Å². The first-order valence-electron chi connectivity index (χ1n) is 4.47. The molecule has 0 heterocycles. The van der Waals surface area contributed by atoms with E-state index in [9.17, 15) is 9.59 Å². The van der Waals surface area contributed by atoms with E-state index < -0.39 is 11.9 Å². The lowest BCUT2D eigenvalue weighted by atomic mass is 10.1. The topological polar surface area (TPSA) is 72.2 Å². The van der Waals surface area contributed by atoms with Crippen molar-refractivity contribution in [3.8, 4) is 0 Å². The molecule has 0 spiro atoms. The normalized spacial score (nSPS) is 10.9. The summed E-state index contributed by atoms with van der Waals surface area (Å²) in [4.78, 5) is 22.0. The van der Waals surface area contributed by atoms with Gasteiger partial charge in [0.15, 0.2) is 0 Å². The van der Waals surface area contributed by atoms with E-state index in [2.05, 4.69) is 0 Å². The largest absolute Gasteiger partial charge is 0.351 e. The molecule has 0 aliphatic heterocycles. The summed E-state index contributed by atoms with van der Waals surface area (Å²) in [5.41, 5.74) is 6.04. The minimum Gasteiger partial charge on any atom is -0.351 e. The molecule has 0 aliphatic rings. The maximum Gasteiger partial charge on any atom is 0.319 e. The van der Waals surface area contributed by atoms with Crippen molar-refractivity contribution >= 4 is 17.5 Å². The van der Waals surface area contributed by atoms with Gasteiger partial charge in [0.1, 0.15) is 0 Å². The highest BCUT2D eigenvalue weighted by atomic mass is 16.2. The third-order valence-corrected chi connectivity index (χ3v) is 1.85. The van der Waals surface area contributed by atoms with Crippen LogP contribution in [0.4, 0.5) is 4.79 Å². The number of urea groups is 1. The standard InChI is InChI=1S/C11H12N2O2/c1-2-9(10(14)13-11(12)15)8-6-4-3-5-7-8/h2-7H,1H3,(H3,12,13,14,15)/b9-2+. The van der Waals surface area contributed by atoms with Crippen LogP contribution in [0.1, 0.15) is 12.5 Å². The van der Waals surface area contributed by atoms with Gasteiger partial charge in [-0.05, 0) is 12.5 Å². The van der Waals surface area contributed by atoms with Gasteiger partial charge < -0.3 is 5.73 Å². The SMILES string of the molecule is C/C=C(/C(=O)NC(N)=O)c1ccccc1. The van der Waals surface area contributed by atoms with Crippen LogP contribution in [0.25, 0.3) is 5.57 Å². The molecular formula is C11H12N2O2. The molecule has 3 N–H and O–H groups in total. The third kappa shape index (κ3) is 2.95. The number of amides is 3. The van der Waals surface area contributed by atoms with Crippen LogP contribution in [0.3, 0.4) is 0 Å². The Morgan fingerprint density at radius 2 is 1.87 bits per heavy atom. The Bertz CT molecular complexity index is 396. The second-order valence-corrected chi connectivity index (χ2v) is 2.89. The van der Waals surface area contributed by atoms with Gasteiger partial charge in [0, 0.05) is 5.57 Å². The summed E-state index contributed by atoms with van der Waals surface area (Å²) < 4.78 is 0. The second-order valence-electron chi connectivity index (χ2n) is 2.89. The summed E-state index contributed by atoms with van der Waals surface area (Å²) in [6, 6.07) is 8.21. The van der Waals surface area contributed by atoms with Gasteiger partial charge >= 0.3 is 6.03 Å². The predicted octanol–water partition coefficient (Wildman–Crippen LogP) is 1.28. The number of primary amides is 1. The molecule has 78 valence electrons. The molecule has 1 aromatic rings. The van der Waals surface area contributed by atoms with Gasteiger partial charge in [-0.3, -0.25) is 10.1 Å².